The molecule has 0 bridgehead atoms. The van der Waals surface area contributed by atoms with Crippen molar-refractivity contribution in [2.75, 3.05) is 5.32 Å². The monoisotopic (exact) mass is 232 g/mol. The van der Waals surface area contributed by atoms with Crippen LogP contribution >= 0.6 is 11.3 Å². The number of anilines is 1. The normalized spacial score (nSPS) is 12.4. The molecule has 0 fully saturated rings. The van der Waals surface area contributed by atoms with E-state index in [1.54, 1.807) is 11.3 Å². The summed E-state index contributed by atoms with van der Waals surface area (Å²) in [5, 5.41) is 5.60. The van der Waals surface area contributed by atoms with Gasteiger partial charge in [-0.15, -0.1) is 11.3 Å². The molecule has 84 valence electrons. The maximum atomic E-state index is 4.32. The van der Waals surface area contributed by atoms with Gasteiger partial charge in [0, 0.05) is 11.1 Å². The van der Waals surface area contributed by atoms with Crippen molar-refractivity contribution < 1.29 is 0 Å². The minimum absolute atomic E-state index is 0.263. The number of hydrogen-bond donors (Lipinski definition) is 1. The summed E-state index contributed by atoms with van der Waals surface area (Å²) in [7, 11) is 0. The second-order valence-electron chi connectivity index (χ2n) is 3.79. The van der Waals surface area contributed by atoms with Crippen molar-refractivity contribution in [3.8, 4) is 0 Å². The van der Waals surface area contributed by atoms with Crippen molar-refractivity contribution in [1.29, 1.82) is 0 Å². The Kier molecular flexibility index (Phi) is 3.57. The van der Waals surface area contributed by atoms with E-state index < -0.39 is 0 Å². The van der Waals surface area contributed by atoms with Gasteiger partial charge in [-0.3, -0.25) is 0 Å². The predicted molar refractivity (Wildman–Crippen MR) is 70.0 cm³/mol. The molecule has 2 nitrogen and oxygen atoms in total. The average molecular weight is 232 g/mol. The van der Waals surface area contributed by atoms with Crippen LogP contribution in [0.15, 0.2) is 35.2 Å². The Morgan fingerprint density at radius 3 is 2.88 bits per heavy atom. The van der Waals surface area contributed by atoms with Gasteiger partial charge in [-0.05, 0) is 25.0 Å². The lowest BCUT2D eigenvalue weighted by molar-refractivity contribution is 0.846. The third-order valence-electron chi connectivity index (χ3n) is 2.67. The Bertz CT molecular complexity index is 437. The Hall–Kier alpha value is -1.35. The molecular formula is C13H16N2S. The Labute approximate surface area is 100 Å². The van der Waals surface area contributed by atoms with E-state index in [1.807, 2.05) is 5.51 Å². The number of para-hydroxylation sites is 1. The molecular weight excluding hydrogens is 216 g/mol. The minimum Gasteiger partial charge on any atom is -0.377 e. The van der Waals surface area contributed by atoms with Gasteiger partial charge in [0.05, 0.1) is 17.2 Å². The molecule has 0 saturated carbocycles. The first-order valence-electron chi connectivity index (χ1n) is 5.53. The molecule has 1 aromatic carbocycles. The standard InChI is InChI=1S/C13H16N2S/c1-3-11-6-4-5-7-12(11)15-10(2)13-8-16-9-14-13/h4-10,15H,3H2,1-2H3. The molecule has 1 N–H and O–H groups in total. The molecule has 2 rings (SSSR count). The molecule has 16 heavy (non-hydrogen) atoms. The SMILES string of the molecule is CCc1ccccc1NC(C)c1cscn1. The minimum atomic E-state index is 0.263. The molecule has 1 atom stereocenters. The molecule has 2 aromatic rings. The third kappa shape index (κ3) is 2.42. The Morgan fingerprint density at radius 1 is 1.38 bits per heavy atom. The van der Waals surface area contributed by atoms with Gasteiger partial charge in [-0.2, -0.15) is 0 Å². The van der Waals surface area contributed by atoms with Crippen LogP contribution in [0, 0.1) is 0 Å². The number of nitrogens with zero attached hydrogens (tertiary/aromatic N) is 1. The number of nitrogens with one attached hydrogen (secondary N) is 1. The fraction of sp³-hybridized carbons (Fsp3) is 0.308. The molecule has 0 amide bonds. The summed E-state index contributed by atoms with van der Waals surface area (Å²) < 4.78 is 0. The first-order valence-corrected chi connectivity index (χ1v) is 6.48. The van der Waals surface area contributed by atoms with Gasteiger partial charge in [0.2, 0.25) is 0 Å². The van der Waals surface area contributed by atoms with E-state index >= 15 is 0 Å². The quantitative estimate of drug-likeness (QED) is 0.865. The predicted octanol–water partition coefficient (Wildman–Crippen LogP) is 3.88. The number of thiazole rings is 1. The highest BCUT2D eigenvalue weighted by atomic mass is 32.1. The molecule has 3 heteroatoms. The first kappa shape index (κ1) is 11.1. The summed E-state index contributed by atoms with van der Waals surface area (Å²) in [6, 6.07) is 8.70. The highest BCUT2D eigenvalue weighted by molar-refractivity contribution is 7.07. The number of hydrogen-bond acceptors (Lipinski definition) is 3. The lowest BCUT2D eigenvalue weighted by Gasteiger charge is -2.15. The van der Waals surface area contributed by atoms with E-state index in [9.17, 15) is 0 Å². The van der Waals surface area contributed by atoms with Gasteiger partial charge in [0.25, 0.3) is 0 Å². The largest absolute Gasteiger partial charge is 0.377 e. The van der Waals surface area contributed by atoms with Crippen LogP contribution in [0.2, 0.25) is 0 Å². The van der Waals surface area contributed by atoms with Gasteiger partial charge < -0.3 is 5.32 Å². The highest BCUT2D eigenvalue weighted by Gasteiger charge is 2.08. The summed E-state index contributed by atoms with van der Waals surface area (Å²) in [6.45, 7) is 4.31. The van der Waals surface area contributed by atoms with Gasteiger partial charge in [0.15, 0.2) is 0 Å². The maximum absolute atomic E-state index is 4.32. The zero-order chi connectivity index (χ0) is 11.4. The summed E-state index contributed by atoms with van der Waals surface area (Å²) in [6.07, 6.45) is 1.05. The number of benzene rings is 1. The zero-order valence-electron chi connectivity index (χ0n) is 9.60. The number of rotatable bonds is 4. The molecule has 1 aromatic heterocycles. The Balaban J connectivity index is 2.14. The lowest BCUT2D eigenvalue weighted by Crippen LogP contribution is -2.08. The molecule has 0 spiro atoms. The molecule has 0 aliphatic heterocycles. The number of aromatic nitrogens is 1. The van der Waals surface area contributed by atoms with Crippen LogP contribution < -0.4 is 5.32 Å². The van der Waals surface area contributed by atoms with Crippen LogP contribution in [-0.4, -0.2) is 4.98 Å². The third-order valence-corrected chi connectivity index (χ3v) is 3.27. The zero-order valence-corrected chi connectivity index (χ0v) is 10.4. The topological polar surface area (TPSA) is 24.9 Å². The smallest absolute Gasteiger partial charge is 0.0795 e. The fourth-order valence-electron chi connectivity index (χ4n) is 1.71. The van der Waals surface area contributed by atoms with Crippen molar-refractivity contribution >= 4 is 17.0 Å². The van der Waals surface area contributed by atoms with Crippen molar-refractivity contribution in [3.05, 3.63) is 46.4 Å². The van der Waals surface area contributed by atoms with E-state index in [0.29, 0.717) is 0 Å². The second kappa shape index (κ2) is 5.12. The van der Waals surface area contributed by atoms with Crippen LogP contribution in [0.5, 0.6) is 0 Å². The fourth-order valence-corrected chi connectivity index (χ4v) is 2.36. The van der Waals surface area contributed by atoms with Crippen LogP contribution in [-0.2, 0) is 6.42 Å². The summed E-state index contributed by atoms with van der Waals surface area (Å²) in [4.78, 5) is 4.32. The van der Waals surface area contributed by atoms with E-state index in [2.05, 4.69) is 53.8 Å². The maximum Gasteiger partial charge on any atom is 0.0795 e. The average Bonchev–Trinajstić information content (AvgIpc) is 2.83. The molecule has 0 radical (unpaired) electrons. The summed E-state index contributed by atoms with van der Waals surface area (Å²) in [5.74, 6) is 0. The lowest BCUT2D eigenvalue weighted by atomic mass is 10.1. The van der Waals surface area contributed by atoms with E-state index in [1.165, 1.54) is 11.3 Å². The molecule has 1 heterocycles. The summed E-state index contributed by atoms with van der Waals surface area (Å²) in [5.41, 5.74) is 5.55. The molecule has 1 unspecified atom stereocenters. The van der Waals surface area contributed by atoms with Crippen LogP contribution in [0.4, 0.5) is 5.69 Å². The van der Waals surface area contributed by atoms with Gasteiger partial charge in [-0.1, -0.05) is 25.1 Å². The van der Waals surface area contributed by atoms with E-state index in [0.717, 1.165) is 12.1 Å². The van der Waals surface area contributed by atoms with Crippen molar-refractivity contribution in [1.82, 2.24) is 4.98 Å². The van der Waals surface area contributed by atoms with Crippen molar-refractivity contribution in [2.24, 2.45) is 0 Å². The molecule has 0 saturated heterocycles. The first-order chi connectivity index (χ1) is 7.81. The van der Waals surface area contributed by atoms with Crippen LogP contribution in [0.1, 0.15) is 31.1 Å². The molecule has 0 aliphatic rings. The van der Waals surface area contributed by atoms with Gasteiger partial charge >= 0.3 is 0 Å². The van der Waals surface area contributed by atoms with Crippen LogP contribution in [0.25, 0.3) is 0 Å². The number of aryl methyl sites for hydroxylation is 1. The molecule has 0 aliphatic carbocycles. The van der Waals surface area contributed by atoms with E-state index in [-0.39, 0.29) is 6.04 Å². The summed E-state index contributed by atoms with van der Waals surface area (Å²) >= 11 is 1.64. The van der Waals surface area contributed by atoms with Crippen molar-refractivity contribution in [3.63, 3.8) is 0 Å². The Morgan fingerprint density at radius 2 is 2.19 bits per heavy atom. The van der Waals surface area contributed by atoms with Crippen LogP contribution in [0.3, 0.4) is 0 Å². The van der Waals surface area contributed by atoms with E-state index in [4.69, 9.17) is 0 Å². The van der Waals surface area contributed by atoms with Gasteiger partial charge in [0.1, 0.15) is 0 Å². The van der Waals surface area contributed by atoms with Crippen molar-refractivity contribution in [2.45, 2.75) is 26.3 Å². The van der Waals surface area contributed by atoms with Gasteiger partial charge in [-0.25, -0.2) is 4.98 Å². The second-order valence-corrected chi connectivity index (χ2v) is 4.51. The highest BCUT2D eigenvalue weighted by Crippen LogP contribution is 2.22.